The third-order valence-corrected chi connectivity index (χ3v) is 3.19. The number of aromatic nitrogens is 3. The fraction of sp³-hybridized carbons (Fsp3) is 0.429. The molecule has 0 fully saturated rings. The Morgan fingerprint density at radius 2 is 2.14 bits per heavy atom. The lowest BCUT2D eigenvalue weighted by Gasteiger charge is -2.16. The van der Waals surface area contributed by atoms with E-state index in [1.807, 2.05) is 13.8 Å². The predicted molar refractivity (Wildman–Crippen MR) is 76.9 cm³/mol. The third kappa shape index (κ3) is 3.18. The first-order valence-corrected chi connectivity index (χ1v) is 6.70. The lowest BCUT2D eigenvalue weighted by molar-refractivity contribution is -0.139. The molecule has 0 unspecified atom stereocenters. The molecule has 0 saturated carbocycles. The highest BCUT2D eigenvalue weighted by atomic mass is 16.4. The first-order valence-electron chi connectivity index (χ1n) is 6.70. The van der Waals surface area contributed by atoms with Gasteiger partial charge >= 0.3 is 5.97 Å². The zero-order chi connectivity index (χ0) is 15.6. The van der Waals surface area contributed by atoms with E-state index in [0.29, 0.717) is 23.0 Å². The van der Waals surface area contributed by atoms with Crippen molar-refractivity contribution in [3.05, 3.63) is 24.0 Å². The monoisotopic (exact) mass is 290 g/mol. The molecule has 2 aromatic rings. The van der Waals surface area contributed by atoms with Gasteiger partial charge in [-0.2, -0.15) is 5.10 Å². The molecule has 0 aliphatic heterocycles. The number of aryl methyl sites for hydroxylation is 1. The van der Waals surface area contributed by atoms with Gasteiger partial charge in [-0.05, 0) is 18.4 Å². The number of hydrogen-bond donors (Lipinski definition) is 2. The minimum atomic E-state index is -1.03. The van der Waals surface area contributed by atoms with Crippen LogP contribution in [0.1, 0.15) is 30.6 Å². The number of pyridine rings is 1. The summed E-state index contributed by atoms with van der Waals surface area (Å²) in [6.07, 6.45) is 3.44. The van der Waals surface area contributed by atoms with Gasteiger partial charge in [0, 0.05) is 13.2 Å². The molecule has 0 radical (unpaired) electrons. The van der Waals surface area contributed by atoms with Crippen LogP contribution in [0.3, 0.4) is 0 Å². The van der Waals surface area contributed by atoms with E-state index in [1.165, 1.54) is 6.20 Å². The number of carbonyl (C=O) groups is 2. The van der Waals surface area contributed by atoms with Crippen LogP contribution in [-0.4, -0.2) is 37.8 Å². The van der Waals surface area contributed by atoms with Gasteiger partial charge in [-0.1, -0.05) is 13.8 Å². The number of nitrogens with one attached hydrogen (secondary N) is 1. The van der Waals surface area contributed by atoms with Gasteiger partial charge in [0.1, 0.15) is 6.04 Å². The summed E-state index contributed by atoms with van der Waals surface area (Å²) in [6, 6.07) is 0.658. The van der Waals surface area contributed by atoms with Crippen LogP contribution in [0.4, 0.5) is 0 Å². The highest BCUT2D eigenvalue weighted by Crippen LogP contribution is 2.16. The van der Waals surface area contributed by atoms with Crippen molar-refractivity contribution in [1.82, 2.24) is 20.1 Å². The maximum Gasteiger partial charge on any atom is 0.326 e. The number of carboxylic acids is 1. The third-order valence-electron chi connectivity index (χ3n) is 3.19. The van der Waals surface area contributed by atoms with Crippen molar-refractivity contribution in [1.29, 1.82) is 0 Å². The number of carboxylic acid groups (broad SMARTS) is 1. The quantitative estimate of drug-likeness (QED) is 0.862. The molecule has 2 aromatic heterocycles. The Morgan fingerprint density at radius 1 is 1.43 bits per heavy atom. The molecule has 0 aromatic carbocycles. The van der Waals surface area contributed by atoms with E-state index >= 15 is 0 Å². The summed E-state index contributed by atoms with van der Waals surface area (Å²) in [4.78, 5) is 27.7. The highest BCUT2D eigenvalue weighted by molar-refractivity contribution is 6.06. The first-order chi connectivity index (χ1) is 9.90. The topological polar surface area (TPSA) is 97.1 Å². The first kappa shape index (κ1) is 15.0. The Balaban J connectivity index is 2.27. The van der Waals surface area contributed by atoms with Crippen LogP contribution in [0, 0.1) is 5.92 Å². The summed E-state index contributed by atoms with van der Waals surface area (Å²) in [7, 11) is 1.73. The Bertz CT molecular complexity index is 678. The summed E-state index contributed by atoms with van der Waals surface area (Å²) in [5.41, 5.74) is 0.960. The summed E-state index contributed by atoms with van der Waals surface area (Å²) in [5, 5.41) is 16.4. The van der Waals surface area contributed by atoms with Crippen LogP contribution < -0.4 is 5.32 Å². The van der Waals surface area contributed by atoms with Crippen molar-refractivity contribution >= 4 is 22.9 Å². The van der Waals surface area contributed by atoms with Crippen LogP contribution in [0.25, 0.3) is 11.0 Å². The Kier molecular flexibility index (Phi) is 4.21. The molecule has 0 aliphatic rings. The fourth-order valence-electron chi connectivity index (χ4n) is 2.17. The molecule has 0 aliphatic carbocycles. The lowest BCUT2D eigenvalue weighted by atomic mass is 10.0. The van der Waals surface area contributed by atoms with Crippen molar-refractivity contribution in [2.45, 2.75) is 26.3 Å². The second-order valence-electron chi connectivity index (χ2n) is 5.36. The molecule has 7 heteroatoms. The van der Waals surface area contributed by atoms with Crippen LogP contribution in [-0.2, 0) is 11.8 Å². The second-order valence-corrected chi connectivity index (χ2v) is 5.36. The van der Waals surface area contributed by atoms with E-state index in [2.05, 4.69) is 15.4 Å². The molecule has 21 heavy (non-hydrogen) atoms. The van der Waals surface area contributed by atoms with Gasteiger partial charge in [-0.15, -0.1) is 0 Å². The van der Waals surface area contributed by atoms with Gasteiger partial charge in [-0.25, -0.2) is 9.78 Å². The molecule has 7 nitrogen and oxygen atoms in total. The van der Waals surface area contributed by atoms with Gasteiger partial charge < -0.3 is 10.4 Å². The molecule has 0 bridgehead atoms. The minimum Gasteiger partial charge on any atom is -0.480 e. The van der Waals surface area contributed by atoms with Crippen molar-refractivity contribution in [2.24, 2.45) is 13.0 Å². The predicted octanol–water partition coefficient (Wildman–Crippen LogP) is 1.20. The summed E-state index contributed by atoms with van der Waals surface area (Å²) < 4.78 is 1.56. The minimum absolute atomic E-state index is 0.169. The summed E-state index contributed by atoms with van der Waals surface area (Å²) in [6.45, 7) is 3.82. The molecular weight excluding hydrogens is 272 g/mol. The fourth-order valence-corrected chi connectivity index (χ4v) is 2.17. The van der Waals surface area contributed by atoms with Crippen molar-refractivity contribution in [2.75, 3.05) is 0 Å². The van der Waals surface area contributed by atoms with Crippen molar-refractivity contribution in [3.8, 4) is 0 Å². The van der Waals surface area contributed by atoms with Crippen LogP contribution in [0.5, 0.6) is 0 Å². The van der Waals surface area contributed by atoms with Gasteiger partial charge in [-0.3, -0.25) is 9.48 Å². The molecule has 2 N–H and O–H groups in total. The Morgan fingerprint density at radius 3 is 2.76 bits per heavy atom. The van der Waals surface area contributed by atoms with Crippen molar-refractivity contribution in [3.63, 3.8) is 0 Å². The number of aliphatic carboxylic acids is 1. The standard InChI is InChI=1S/C14H18N4O3/c1-8(2)6-11(14(20)21)17-13(19)9-4-5-15-12-10(9)7-16-18(12)3/h4-5,7-8,11H,6H2,1-3H3,(H,17,19)(H,20,21)/t11-/m0/s1. The van der Waals surface area contributed by atoms with Crippen LogP contribution >= 0.6 is 0 Å². The van der Waals surface area contributed by atoms with E-state index in [4.69, 9.17) is 0 Å². The Labute approximate surface area is 122 Å². The summed E-state index contributed by atoms with van der Waals surface area (Å²) >= 11 is 0. The number of hydrogen-bond acceptors (Lipinski definition) is 4. The van der Waals surface area contributed by atoms with E-state index in [9.17, 15) is 14.7 Å². The van der Waals surface area contributed by atoms with E-state index < -0.39 is 17.9 Å². The highest BCUT2D eigenvalue weighted by Gasteiger charge is 2.23. The molecule has 0 spiro atoms. The SMILES string of the molecule is CC(C)C[C@H](NC(=O)c1ccnc2c1cnn2C)C(=O)O. The summed E-state index contributed by atoms with van der Waals surface area (Å²) in [5.74, 6) is -1.29. The lowest BCUT2D eigenvalue weighted by Crippen LogP contribution is -2.41. The number of fused-ring (bicyclic) bond motifs is 1. The zero-order valence-electron chi connectivity index (χ0n) is 12.2. The van der Waals surface area contributed by atoms with Gasteiger partial charge in [0.15, 0.2) is 5.65 Å². The van der Waals surface area contributed by atoms with Crippen molar-refractivity contribution < 1.29 is 14.7 Å². The second kappa shape index (κ2) is 5.90. The van der Waals surface area contributed by atoms with E-state index in [1.54, 1.807) is 24.0 Å². The van der Waals surface area contributed by atoms with E-state index in [-0.39, 0.29) is 5.92 Å². The molecule has 2 heterocycles. The number of carbonyl (C=O) groups excluding carboxylic acids is 1. The normalized spacial score (nSPS) is 12.6. The van der Waals surface area contributed by atoms with Gasteiger partial charge in [0.25, 0.3) is 5.91 Å². The molecule has 0 saturated heterocycles. The molecule has 1 atom stereocenters. The number of amides is 1. The molecular formula is C14H18N4O3. The number of rotatable bonds is 5. The average molecular weight is 290 g/mol. The van der Waals surface area contributed by atoms with Gasteiger partial charge in [0.05, 0.1) is 17.1 Å². The molecule has 2 rings (SSSR count). The average Bonchev–Trinajstić information content (AvgIpc) is 2.79. The van der Waals surface area contributed by atoms with E-state index in [0.717, 1.165) is 0 Å². The number of nitrogens with zero attached hydrogens (tertiary/aromatic N) is 3. The Hall–Kier alpha value is -2.44. The van der Waals surface area contributed by atoms with Gasteiger partial charge in [0.2, 0.25) is 0 Å². The maximum atomic E-state index is 12.3. The van der Waals surface area contributed by atoms with Crippen LogP contribution in [0.15, 0.2) is 18.5 Å². The maximum absolute atomic E-state index is 12.3. The smallest absolute Gasteiger partial charge is 0.326 e. The zero-order valence-corrected chi connectivity index (χ0v) is 12.2. The molecule has 112 valence electrons. The van der Waals surface area contributed by atoms with Crippen LogP contribution in [0.2, 0.25) is 0 Å². The largest absolute Gasteiger partial charge is 0.480 e. The molecule has 1 amide bonds.